The van der Waals surface area contributed by atoms with Gasteiger partial charge >= 0.3 is 0 Å². The first-order chi connectivity index (χ1) is 33.3. The zero-order valence-corrected chi connectivity index (χ0v) is 41.3. The van der Waals surface area contributed by atoms with E-state index in [4.69, 9.17) is 23.7 Å². The van der Waals surface area contributed by atoms with Crippen LogP contribution in [0.4, 0.5) is 22.7 Å². The maximum absolute atomic E-state index is 14.2. The SMILES string of the molecule is CCCCCCCCCCCCCCCCOc1cc(NS(=O)(=O)c2cc(NS(=O)(=O)c3ccc(OC)c(N=Nc4c(C#N)[nH]n(-c5ccccc5)c4=O)c3)ccc2OCCOC)c(O)cc1OC. The summed E-state index contributed by atoms with van der Waals surface area (Å²) >= 11 is 0. The molecule has 4 N–H and O–H groups in total. The second-order valence-electron chi connectivity index (χ2n) is 16.1. The van der Waals surface area contributed by atoms with E-state index in [-0.39, 0.29) is 69.6 Å². The number of aromatic nitrogens is 2. The van der Waals surface area contributed by atoms with Crippen molar-refractivity contribution in [2.24, 2.45) is 10.2 Å². The number of para-hydroxylation sites is 1. The number of azo groups is 1. The van der Waals surface area contributed by atoms with Gasteiger partial charge in [0.2, 0.25) is 0 Å². The molecular weight excluding hydrogens is 927 g/mol. The minimum Gasteiger partial charge on any atom is -0.506 e. The Morgan fingerprint density at radius 1 is 0.667 bits per heavy atom. The van der Waals surface area contributed by atoms with E-state index >= 15 is 0 Å². The lowest BCUT2D eigenvalue weighted by Crippen LogP contribution is -2.17. The summed E-state index contributed by atoms with van der Waals surface area (Å²) in [4.78, 5) is 12.4. The van der Waals surface area contributed by atoms with Crippen molar-refractivity contribution < 1.29 is 45.6 Å². The van der Waals surface area contributed by atoms with Crippen molar-refractivity contribution in [2.75, 3.05) is 50.6 Å². The van der Waals surface area contributed by atoms with Gasteiger partial charge in [0, 0.05) is 19.2 Å². The Morgan fingerprint density at radius 2 is 1.29 bits per heavy atom. The topological polar surface area (TPSA) is 245 Å². The number of aromatic amines is 1. The van der Waals surface area contributed by atoms with Gasteiger partial charge in [0.1, 0.15) is 40.5 Å². The van der Waals surface area contributed by atoms with Crippen LogP contribution in [0.15, 0.2) is 104 Å². The number of nitrogens with one attached hydrogen (secondary N) is 3. The number of H-pyrrole nitrogens is 1. The number of phenolic OH excluding ortho intramolecular Hbond substituents is 1. The average Bonchev–Trinajstić information content (AvgIpc) is 3.67. The highest BCUT2D eigenvalue weighted by atomic mass is 32.2. The van der Waals surface area contributed by atoms with E-state index < -0.39 is 36.3 Å². The quantitative estimate of drug-likeness (QED) is 0.0184. The number of hydrogen-bond acceptors (Lipinski definition) is 14. The number of hydrogen-bond donors (Lipinski definition) is 4. The number of ether oxygens (including phenoxy) is 5. The van der Waals surface area contributed by atoms with Crippen molar-refractivity contribution >= 4 is 42.8 Å². The summed E-state index contributed by atoms with van der Waals surface area (Å²) in [5, 5.41) is 31.4. The van der Waals surface area contributed by atoms with Gasteiger partial charge in [0.25, 0.3) is 25.6 Å². The number of nitrogens with zero attached hydrogens (tertiary/aromatic N) is 4. The molecular formula is C49H63N7O11S2. The van der Waals surface area contributed by atoms with Crippen LogP contribution in [0.2, 0.25) is 0 Å². The minimum atomic E-state index is -4.61. The Bertz CT molecular complexity index is 2790. The molecule has 0 radical (unpaired) electrons. The van der Waals surface area contributed by atoms with E-state index in [0.717, 1.165) is 42.5 Å². The maximum atomic E-state index is 14.2. The van der Waals surface area contributed by atoms with Crippen molar-refractivity contribution in [3.63, 3.8) is 0 Å². The van der Waals surface area contributed by atoms with Gasteiger partial charge < -0.3 is 28.8 Å². The number of aromatic hydroxyl groups is 1. The standard InChI is InChI=1S/C49H63N7O11S2/c1-5-6-7-8-9-10-11-12-13-14-15-16-17-21-28-66-46-33-39(42(57)34-45(46)65-4)55-69(61,62)47-31-36(24-26-44(47)67-30-29-63-2)54-68(59,60)38-25-27-43(64-3)40(32-38)51-52-48-41(35-50)53-56(49(48)58)37-22-19-18-20-23-37/h18-20,22-27,31-34,53-55,57H,5-17,21,28-30H2,1-4H3. The van der Waals surface area contributed by atoms with Gasteiger partial charge in [-0.2, -0.15) is 5.26 Å². The number of rotatable bonds is 31. The van der Waals surface area contributed by atoms with Crippen LogP contribution in [0, 0.1) is 11.3 Å². The molecule has 0 fully saturated rings. The molecule has 20 heteroatoms. The molecule has 0 atom stereocenters. The van der Waals surface area contributed by atoms with Crippen LogP contribution in [0.1, 0.15) is 103 Å². The molecule has 0 bridgehead atoms. The van der Waals surface area contributed by atoms with Gasteiger partial charge in [-0.25, -0.2) is 21.5 Å². The van der Waals surface area contributed by atoms with Gasteiger partial charge in [0.05, 0.1) is 49.4 Å². The number of benzene rings is 4. The number of nitriles is 1. The summed E-state index contributed by atoms with van der Waals surface area (Å²) in [5.74, 6) is -0.0801. The Kier molecular flexibility index (Phi) is 20.8. The van der Waals surface area contributed by atoms with Crippen molar-refractivity contribution in [1.82, 2.24) is 9.78 Å². The number of anilines is 2. The summed E-state index contributed by atoms with van der Waals surface area (Å²) in [6.45, 7) is 2.65. The van der Waals surface area contributed by atoms with Gasteiger partial charge in [0.15, 0.2) is 22.9 Å². The highest BCUT2D eigenvalue weighted by molar-refractivity contribution is 7.93. The van der Waals surface area contributed by atoms with Gasteiger partial charge in [-0.3, -0.25) is 19.3 Å². The lowest BCUT2D eigenvalue weighted by Gasteiger charge is -2.18. The first-order valence-electron chi connectivity index (χ1n) is 23.1. The molecule has 0 aliphatic carbocycles. The normalized spacial score (nSPS) is 11.6. The first-order valence-corrected chi connectivity index (χ1v) is 26.1. The molecule has 0 aliphatic heterocycles. The van der Waals surface area contributed by atoms with Crippen LogP contribution in [0.25, 0.3) is 5.69 Å². The second-order valence-corrected chi connectivity index (χ2v) is 19.5. The Labute approximate surface area is 404 Å². The van der Waals surface area contributed by atoms with Crippen molar-refractivity contribution in [3.8, 4) is 40.5 Å². The summed E-state index contributed by atoms with van der Waals surface area (Å²) in [5.41, 5.74) is -1.23. The van der Waals surface area contributed by atoms with E-state index in [0.29, 0.717) is 12.3 Å². The largest absolute Gasteiger partial charge is 0.506 e. The Balaban J connectivity index is 1.28. The van der Waals surface area contributed by atoms with Gasteiger partial charge in [-0.15, -0.1) is 10.2 Å². The zero-order valence-electron chi connectivity index (χ0n) is 39.7. The van der Waals surface area contributed by atoms with Crippen molar-refractivity contribution in [2.45, 2.75) is 107 Å². The lowest BCUT2D eigenvalue weighted by atomic mass is 10.0. The molecule has 5 rings (SSSR count). The molecule has 5 aromatic rings. The van der Waals surface area contributed by atoms with Crippen molar-refractivity contribution in [1.29, 1.82) is 5.26 Å². The fourth-order valence-electron chi connectivity index (χ4n) is 7.31. The second kappa shape index (κ2) is 26.8. The summed E-state index contributed by atoms with van der Waals surface area (Å²) in [6, 6.07) is 20.3. The lowest BCUT2D eigenvalue weighted by molar-refractivity contribution is 0.144. The molecule has 1 aromatic heterocycles. The highest BCUT2D eigenvalue weighted by Gasteiger charge is 2.26. The van der Waals surface area contributed by atoms with E-state index in [2.05, 4.69) is 31.7 Å². The Morgan fingerprint density at radius 3 is 1.91 bits per heavy atom. The zero-order chi connectivity index (χ0) is 49.7. The number of sulfonamides is 2. The number of phenols is 1. The number of methoxy groups -OCH3 is 3. The predicted octanol–water partition coefficient (Wildman–Crippen LogP) is 10.7. The van der Waals surface area contributed by atoms with E-state index in [1.165, 1.54) is 122 Å². The fourth-order valence-corrected chi connectivity index (χ4v) is 9.61. The van der Waals surface area contributed by atoms with Crippen LogP contribution in [0.3, 0.4) is 0 Å². The van der Waals surface area contributed by atoms with E-state index in [1.54, 1.807) is 30.3 Å². The molecule has 372 valence electrons. The summed E-state index contributed by atoms with van der Waals surface area (Å²) in [6.07, 6.45) is 17.0. The average molecular weight is 990 g/mol. The van der Waals surface area contributed by atoms with Crippen LogP contribution >= 0.6 is 0 Å². The molecule has 4 aromatic carbocycles. The van der Waals surface area contributed by atoms with Crippen LogP contribution in [-0.4, -0.2) is 72.9 Å². The van der Waals surface area contributed by atoms with E-state index in [1.807, 2.05) is 6.07 Å². The van der Waals surface area contributed by atoms with Crippen LogP contribution in [0.5, 0.6) is 28.7 Å². The molecule has 69 heavy (non-hydrogen) atoms. The smallest absolute Gasteiger partial charge is 0.300 e. The first kappa shape index (κ1) is 53.4. The summed E-state index contributed by atoms with van der Waals surface area (Å²) < 4.78 is 89.6. The van der Waals surface area contributed by atoms with Gasteiger partial charge in [-0.05, 0) is 55.0 Å². The monoisotopic (exact) mass is 989 g/mol. The maximum Gasteiger partial charge on any atom is 0.300 e. The third-order valence-electron chi connectivity index (χ3n) is 11.0. The predicted molar refractivity (Wildman–Crippen MR) is 264 cm³/mol. The third-order valence-corrected chi connectivity index (χ3v) is 13.8. The molecule has 0 spiro atoms. The molecule has 0 saturated heterocycles. The molecule has 0 saturated carbocycles. The highest BCUT2D eigenvalue weighted by Crippen LogP contribution is 2.40. The summed E-state index contributed by atoms with van der Waals surface area (Å²) in [7, 11) is -4.91. The van der Waals surface area contributed by atoms with Crippen LogP contribution in [-0.2, 0) is 24.8 Å². The molecule has 0 aliphatic rings. The minimum absolute atomic E-state index is 0.0446. The van der Waals surface area contributed by atoms with Crippen LogP contribution < -0.4 is 34.0 Å². The fraction of sp³-hybridized carbons (Fsp3) is 0.429. The molecule has 0 amide bonds. The molecule has 1 heterocycles. The van der Waals surface area contributed by atoms with E-state index in [9.17, 15) is 32.0 Å². The van der Waals surface area contributed by atoms with Gasteiger partial charge in [-0.1, -0.05) is 109 Å². The Hall–Kier alpha value is -6.56. The van der Waals surface area contributed by atoms with Crippen molar-refractivity contribution in [3.05, 3.63) is 94.9 Å². The third kappa shape index (κ3) is 15.5. The molecule has 18 nitrogen and oxygen atoms in total. The number of unbranched alkanes of at least 4 members (excludes halogenated alkanes) is 13. The molecule has 0 unspecified atom stereocenters.